The highest BCUT2D eigenvalue weighted by Gasteiger charge is 2.28. The molecule has 1 fully saturated rings. The standard InChI is InChI=1S/C20H30N2O4/c1-13(2)19(22-16-7-9-25-10-8-16)20(24)26-12-18(23)21-17-6-5-14(3)15(4)11-17/h5-6,11,13,16,19,22H,7-10,12H2,1-4H3,(H,21,23)/t19-/m1/s1. The number of amides is 1. The number of anilines is 1. The second kappa shape index (κ2) is 9.69. The van der Waals surface area contributed by atoms with Crippen LogP contribution in [0.15, 0.2) is 18.2 Å². The van der Waals surface area contributed by atoms with Crippen molar-refractivity contribution in [2.45, 2.75) is 52.6 Å². The second-order valence-electron chi connectivity index (χ2n) is 7.23. The van der Waals surface area contributed by atoms with E-state index in [0.717, 1.165) is 24.0 Å². The zero-order valence-corrected chi connectivity index (χ0v) is 16.1. The fourth-order valence-electron chi connectivity index (χ4n) is 2.89. The van der Waals surface area contributed by atoms with Crippen LogP contribution in [0.2, 0.25) is 0 Å². The van der Waals surface area contributed by atoms with E-state index >= 15 is 0 Å². The van der Waals surface area contributed by atoms with Gasteiger partial charge in [-0.05, 0) is 55.9 Å². The van der Waals surface area contributed by atoms with Crippen LogP contribution in [-0.2, 0) is 19.1 Å². The maximum atomic E-state index is 12.4. The number of carbonyl (C=O) groups is 2. The van der Waals surface area contributed by atoms with Crippen molar-refractivity contribution in [3.63, 3.8) is 0 Å². The maximum absolute atomic E-state index is 12.4. The van der Waals surface area contributed by atoms with Crippen LogP contribution in [-0.4, -0.2) is 43.8 Å². The SMILES string of the molecule is Cc1ccc(NC(=O)COC(=O)[C@H](NC2CCOCC2)C(C)C)cc1C. The van der Waals surface area contributed by atoms with E-state index in [4.69, 9.17) is 9.47 Å². The summed E-state index contributed by atoms with van der Waals surface area (Å²) in [5.41, 5.74) is 2.96. The molecule has 1 aliphatic heterocycles. The van der Waals surface area contributed by atoms with Gasteiger partial charge in [0.15, 0.2) is 6.61 Å². The van der Waals surface area contributed by atoms with Gasteiger partial charge in [-0.3, -0.25) is 9.59 Å². The molecule has 0 bridgehead atoms. The minimum Gasteiger partial charge on any atom is -0.454 e. The average molecular weight is 362 g/mol. The lowest BCUT2D eigenvalue weighted by molar-refractivity contribution is -0.151. The Kier molecular flexibility index (Phi) is 7.60. The van der Waals surface area contributed by atoms with Crippen molar-refractivity contribution >= 4 is 17.6 Å². The highest BCUT2D eigenvalue weighted by Crippen LogP contribution is 2.14. The van der Waals surface area contributed by atoms with Gasteiger partial charge in [0.25, 0.3) is 5.91 Å². The predicted molar refractivity (Wildman–Crippen MR) is 101 cm³/mol. The Hall–Kier alpha value is -1.92. The van der Waals surface area contributed by atoms with E-state index < -0.39 is 6.04 Å². The maximum Gasteiger partial charge on any atom is 0.323 e. The second-order valence-corrected chi connectivity index (χ2v) is 7.23. The molecule has 0 aromatic heterocycles. The third-order valence-electron chi connectivity index (χ3n) is 4.69. The van der Waals surface area contributed by atoms with E-state index in [1.807, 2.05) is 45.9 Å². The summed E-state index contributed by atoms with van der Waals surface area (Å²) in [6.45, 7) is 9.05. The summed E-state index contributed by atoms with van der Waals surface area (Å²) in [5.74, 6) is -0.648. The topological polar surface area (TPSA) is 76.7 Å². The Bertz CT molecular complexity index is 624. The molecule has 0 saturated carbocycles. The quantitative estimate of drug-likeness (QED) is 0.729. The molecule has 0 spiro atoms. The minimum atomic E-state index is -0.424. The normalized spacial score (nSPS) is 16.3. The van der Waals surface area contributed by atoms with Gasteiger partial charge in [-0.25, -0.2) is 0 Å². The zero-order valence-electron chi connectivity index (χ0n) is 16.1. The first-order chi connectivity index (χ1) is 12.4. The highest BCUT2D eigenvalue weighted by molar-refractivity contribution is 5.93. The molecule has 0 radical (unpaired) electrons. The molecule has 1 aromatic carbocycles. The van der Waals surface area contributed by atoms with Gasteiger partial charge in [0, 0.05) is 24.9 Å². The lowest BCUT2D eigenvalue weighted by Gasteiger charge is -2.29. The van der Waals surface area contributed by atoms with Gasteiger partial charge in [-0.1, -0.05) is 19.9 Å². The molecule has 1 aromatic rings. The summed E-state index contributed by atoms with van der Waals surface area (Å²) < 4.78 is 10.6. The van der Waals surface area contributed by atoms with Crippen LogP contribution in [0.4, 0.5) is 5.69 Å². The number of hydrogen-bond acceptors (Lipinski definition) is 5. The molecule has 144 valence electrons. The molecule has 0 aliphatic carbocycles. The molecule has 2 N–H and O–H groups in total. The molecule has 1 amide bonds. The van der Waals surface area contributed by atoms with Crippen molar-refractivity contribution in [3.05, 3.63) is 29.3 Å². The van der Waals surface area contributed by atoms with Gasteiger partial charge >= 0.3 is 5.97 Å². The molecular weight excluding hydrogens is 332 g/mol. The molecule has 1 atom stereocenters. The van der Waals surface area contributed by atoms with Crippen LogP contribution in [0.1, 0.15) is 37.8 Å². The number of esters is 1. The molecular formula is C20H30N2O4. The number of carbonyl (C=O) groups excluding carboxylic acids is 2. The van der Waals surface area contributed by atoms with Crippen LogP contribution in [0, 0.1) is 19.8 Å². The fraction of sp³-hybridized carbons (Fsp3) is 0.600. The number of hydrogen-bond donors (Lipinski definition) is 2. The Morgan fingerprint density at radius 2 is 1.88 bits per heavy atom. The summed E-state index contributed by atoms with van der Waals surface area (Å²) >= 11 is 0. The van der Waals surface area contributed by atoms with Crippen molar-refractivity contribution in [3.8, 4) is 0 Å². The van der Waals surface area contributed by atoms with Crippen molar-refractivity contribution < 1.29 is 19.1 Å². The molecule has 1 heterocycles. The molecule has 0 unspecified atom stereocenters. The highest BCUT2D eigenvalue weighted by atomic mass is 16.5. The predicted octanol–water partition coefficient (Wildman–Crippen LogP) is 2.58. The van der Waals surface area contributed by atoms with Crippen LogP contribution >= 0.6 is 0 Å². The lowest BCUT2D eigenvalue weighted by Crippen LogP contribution is -2.49. The van der Waals surface area contributed by atoms with E-state index in [1.54, 1.807) is 0 Å². The first kappa shape index (κ1) is 20.4. The number of benzene rings is 1. The van der Waals surface area contributed by atoms with Gasteiger partial charge in [-0.2, -0.15) is 0 Å². The third kappa shape index (κ3) is 6.11. The van der Waals surface area contributed by atoms with E-state index in [0.29, 0.717) is 18.9 Å². The average Bonchev–Trinajstić information content (AvgIpc) is 2.61. The Morgan fingerprint density at radius 3 is 2.50 bits per heavy atom. The lowest BCUT2D eigenvalue weighted by atomic mass is 10.0. The van der Waals surface area contributed by atoms with E-state index in [-0.39, 0.29) is 30.4 Å². The van der Waals surface area contributed by atoms with E-state index in [9.17, 15) is 9.59 Å². The first-order valence-corrected chi connectivity index (χ1v) is 9.24. The Balaban J connectivity index is 1.83. The van der Waals surface area contributed by atoms with Gasteiger partial charge in [0.05, 0.1) is 0 Å². The third-order valence-corrected chi connectivity index (χ3v) is 4.69. The summed E-state index contributed by atoms with van der Waals surface area (Å²) in [4.78, 5) is 24.5. The Labute approximate surface area is 155 Å². The van der Waals surface area contributed by atoms with Gasteiger partial charge in [-0.15, -0.1) is 0 Å². The molecule has 6 heteroatoms. The number of aryl methyl sites for hydroxylation is 2. The van der Waals surface area contributed by atoms with Crippen molar-refractivity contribution in [2.75, 3.05) is 25.1 Å². The van der Waals surface area contributed by atoms with Crippen molar-refractivity contribution in [2.24, 2.45) is 5.92 Å². The number of nitrogens with one attached hydrogen (secondary N) is 2. The molecule has 2 rings (SSSR count). The summed E-state index contributed by atoms with van der Waals surface area (Å²) in [6, 6.07) is 5.51. The first-order valence-electron chi connectivity index (χ1n) is 9.24. The van der Waals surface area contributed by atoms with Crippen molar-refractivity contribution in [1.29, 1.82) is 0 Å². The molecule has 1 aliphatic rings. The number of ether oxygens (including phenoxy) is 2. The summed E-state index contributed by atoms with van der Waals surface area (Å²) in [6.07, 6.45) is 1.76. The van der Waals surface area contributed by atoms with Gasteiger partial charge in [0.1, 0.15) is 6.04 Å². The zero-order chi connectivity index (χ0) is 19.1. The van der Waals surface area contributed by atoms with Crippen LogP contribution < -0.4 is 10.6 Å². The molecule has 26 heavy (non-hydrogen) atoms. The van der Waals surface area contributed by atoms with E-state index in [1.165, 1.54) is 0 Å². The Morgan fingerprint density at radius 1 is 1.19 bits per heavy atom. The summed E-state index contributed by atoms with van der Waals surface area (Å²) in [7, 11) is 0. The fourth-order valence-corrected chi connectivity index (χ4v) is 2.89. The molecule has 1 saturated heterocycles. The number of rotatable bonds is 7. The largest absolute Gasteiger partial charge is 0.454 e. The van der Waals surface area contributed by atoms with Crippen molar-refractivity contribution in [1.82, 2.24) is 5.32 Å². The minimum absolute atomic E-state index is 0.0770. The smallest absolute Gasteiger partial charge is 0.323 e. The van der Waals surface area contributed by atoms with Crippen LogP contribution in [0.3, 0.4) is 0 Å². The van der Waals surface area contributed by atoms with E-state index in [2.05, 4.69) is 10.6 Å². The summed E-state index contributed by atoms with van der Waals surface area (Å²) in [5, 5.41) is 6.12. The van der Waals surface area contributed by atoms with Gasteiger partial charge in [0.2, 0.25) is 0 Å². The molecule has 6 nitrogen and oxygen atoms in total. The van der Waals surface area contributed by atoms with Crippen LogP contribution in [0.5, 0.6) is 0 Å². The van der Waals surface area contributed by atoms with Crippen LogP contribution in [0.25, 0.3) is 0 Å². The van der Waals surface area contributed by atoms with Gasteiger partial charge < -0.3 is 20.1 Å². The monoisotopic (exact) mass is 362 g/mol.